The Balaban J connectivity index is 3.42. The van der Waals surface area contributed by atoms with Crippen LogP contribution in [0.3, 0.4) is 0 Å². The normalized spacial score (nSPS) is 16.1. The molecular formula is C9H18F3NO2S. The van der Waals surface area contributed by atoms with Crippen LogP contribution < -0.4 is 5.73 Å². The lowest BCUT2D eigenvalue weighted by Crippen LogP contribution is -2.20. The Labute approximate surface area is 96.0 Å². The molecule has 0 saturated heterocycles. The summed E-state index contributed by atoms with van der Waals surface area (Å²) in [6, 6.07) is 0. The molecule has 2 N–H and O–H groups in total. The van der Waals surface area contributed by atoms with Crippen molar-refractivity contribution < 1.29 is 22.1 Å². The maximum Gasteiger partial charge on any atom is 0.411 e. The van der Waals surface area contributed by atoms with Crippen LogP contribution in [-0.4, -0.2) is 41.6 Å². The van der Waals surface area contributed by atoms with Crippen molar-refractivity contribution in [2.45, 2.75) is 19.5 Å². The molecule has 16 heavy (non-hydrogen) atoms. The highest BCUT2D eigenvalue weighted by molar-refractivity contribution is 7.84. The molecule has 0 aromatic rings. The Hall–Kier alpha value is -0.140. The van der Waals surface area contributed by atoms with Crippen LogP contribution in [0, 0.1) is 5.92 Å². The van der Waals surface area contributed by atoms with Gasteiger partial charge in [0.25, 0.3) is 0 Å². The van der Waals surface area contributed by atoms with Gasteiger partial charge in [0.1, 0.15) is 6.61 Å². The van der Waals surface area contributed by atoms with Crippen LogP contribution in [0.5, 0.6) is 0 Å². The predicted octanol–water partition coefficient (Wildman–Crippen LogP) is 1.30. The van der Waals surface area contributed by atoms with Gasteiger partial charge in [0, 0.05) is 28.9 Å². The lowest BCUT2D eigenvalue weighted by molar-refractivity contribution is -0.173. The first-order valence-electron chi connectivity index (χ1n) is 5.04. The van der Waals surface area contributed by atoms with Gasteiger partial charge in [0.2, 0.25) is 0 Å². The summed E-state index contributed by atoms with van der Waals surface area (Å²) in [7, 11) is -1.02. The van der Waals surface area contributed by atoms with Gasteiger partial charge in [0.05, 0.1) is 0 Å². The molecule has 0 amide bonds. The Kier molecular flexibility index (Phi) is 7.96. The van der Waals surface area contributed by atoms with Gasteiger partial charge in [-0.15, -0.1) is 0 Å². The molecule has 0 aromatic heterocycles. The minimum absolute atomic E-state index is 0.0117. The minimum Gasteiger partial charge on any atom is -0.372 e. The second kappa shape index (κ2) is 8.03. The van der Waals surface area contributed by atoms with E-state index in [-0.39, 0.29) is 12.5 Å². The molecule has 2 atom stereocenters. The van der Waals surface area contributed by atoms with Gasteiger partial charge in [-0.2, -0.15) is 13.2 Å². The van der Waals surface area contributed by atoms with Crippen molar-refractivity contribution in [3.63, 3.8) is 0 Å². The average Bonchev–Trinajstić information content (AvgIpc) is 2.15. The van der Waals surface area contributed by atoms with Crippen LogP contribution in [0.4, 0.5) is 13.2 Å². The molecule has 7 heteroatoms. The number of hydrogen-bond donors (Lipinski definition) is 1. The zero-order valence-electron chi connectivity index (χ0n) is 9.26. The summed E-state index contributed by atoms with van der Waals surface area (Å²) in [6.07, 6.45) is -3.91. The number of rotatable bonds is 8. The number of nitrogens with two attached hydrogens (primary N) is 1. The fourth-order valence-electron chi connectivity index (χ4n) is 0.979. The van der Waals surface area contributed by atoms with Gasteiger partial charge >= 0.3 is 6.18 Å². The summed E-state index contributed by atoms with van der Waals surface area (Å²) < 4.78 is 50.7. The molecule has 3 nitrogen and oxygen atoms in total. The highest BCUT2D eigenvalue weighted by Crippen LogP contribution is 2.14. The molecule has 0 heterocycles. The third-order valence-corrected chi connectivity index (χ3v) is 3.48. The lowest BCUT2D eigenvalue weighted by atomic mass is 10.2. The molecule has 98 valence electrons. The fraction of sp³-hybridized carbons (Fsp3) is 1.00. The van der Waals surface area contributed by atoms with E-state index >= 15 is 0 Å². The fourth-order valence-corrected chi connectivity index (χ4v) is 2.36. The molecule has 0 spiro atoms. The summed E-state index contributed by atoms with van der Waals surface area (Å²) in [5.41, 5.74) is 5.36. The van der Waals surface area contributed by atoms with Crippen molar-refractivity contribution in [1.82, 2.24) is 0 Å². The second-order valence-electron chi connectivity index (χ2n) is 3.67. The van der Waals surface area contributed by atoms with Crippen LogP contribution in [0.15, 0.2) is 0 Å². The zero-order chi connectivity index (χ0) is 12.6. The van der Waals surface area contributed by atoms with Gasteiger partial charge in [-0.25, -0.2) is 0 Å². The summed E-state index contributed by atoms with van der Waals surface area (Å²) in [5.74, 6) is 1.04. The van der Waals surface area contributed by atoms with Crippen LogP contribution in [0.2, 0.25) is 0 Å². The van der Waals surface area contributed by atoms with Crippen molar-refractivity contribution in [1.29, 1.82) is 0 Å². The third-order valence-electron chi connectivity index (χ3n) is 1.80. The van der Waals surface area contributed by atoms with E-state index in [1.807, 2.05) is 6.92 Å². The quantitative estimate of drug-likeness (QED) is 0.670. The number of hydrogen-bond acceptors (Lipinski definition) is 3. The number of alkyl halides is 3. The molecule has 0 saturated carbocycles. The molecule has 0 aliphatic carbocycles. The lowest BCUT2D eigenvalue weighted by Gasteiger charge is -2.09. The highest BCUT2D eigenvalue weighted by Gasteiger charge is 2.27. The van der Waals surface area contributed by atoms with E-state index in [4.69, 9.17) is 5.73 Å². The molecular weight excluding hydrogens is 243 g/mol. The number of halogens is 3. The Morgan fingerprint density at radius 3 is 2.56 bits per heavy atom. The van der Waals surface area contributed by atoms with Crippen molar-refractivity contribution in [2.75, 3.05) is 31.3 Å². The predicted molar refractivity (Wildman–Crippen MR) is 57.6 cm³/mol. The number of ether oxygens (including phenoxy) is 1. The second-order valence-corrected chi connectivity index (χ2v) is 5.29. The average molecular weight is 261 g/mol. The Bertz CT molecular complexity index is 211. The summed E-state index contributed by atoms with van der Waals surface area (Å²) >= 11 is 0. The van der Waals surface area contributed by atoms with E-state index in [0.29, 0.717) is 24.5 Å². The molecule has 0 rings (SSSR count). The third kappa shape index (κ3) is 10.4. The molecule has 0 fully saturated rings. The first kappa shape index (κ1) is 15.9. The molecule has 0 radical (unpaired) electrons. The van der Waals surface area contributed by atoms with Gasteiger partial charge in [0.15, 0.2) is 0 Å². The van der Waals surface area contributed by atoms with E-state index < -0.39 is 23.6 Å². The Morgan fingerprint density at radius 1 is 1.44 bits per heavy atom. The summed E-state index contributed by atoms with van der Waals surface area (Å²) in [5, 5.41) is 0. The Morgan fingerprint density at radius 2 is 2.06 bits per heavy atom. The van der Waals surface area contributed by atoms with Gasteiger partial charge in [-0.05, 0) is 18.9 Å². The van der Waals surface area contributed by atoms with Crippen LogP contribution in [0.25, 0.3) is 0 Å². The van der Waals surface area contributed by atoms with Crippen molar-refractivity contribution in [3.8, 4) is 0 Å². The topological polar surface area (TPSA) is 52.3 Å². The van der Waals surface area contributed by atoms with E-state index in [2.05, 4.69) is 4.74 Å². The molecule has 2 unspecified atom stereocenters. The van der Waals surface area contributed by atoms with Gasteiger partial charge in [-0.1, -0.05) is 6.92 Å². The SMILES string of the molecule is CC(CN)CS(=O)CCCOCC(F)(F)F. The first-order valence-corrected chi connectivity index (χ1v) is 6.53. The molecule has 0 aliphatic heterocycles. The van der Waals surface area contributed by atoms with Crippen LogP contribution in [-0.2, 0) is 15.5 Å². The van der Waals surface area contributed by atoms with Gasteiger partial charge < -0.3 is 10.5 Å². The molecule has 0 bridgehead atoms. The van der Waals surface area contributed by atoms with Crippen molar-refractivity contribution in [3.05, 3.63) is 0 Å². The maximum atomic E-state index is 11.7. The van der Waals surface area contributed by atoms with E-state index in [0.717, 1.165) is 0 Å². The van der Waals surface area contributed by atoms with Crippen LogP contribution >= 0.6 is 0 Å². The molecule has 0 aliphatic rings. The minimum atomic E-state index is -4.28. The van der Waals surface area contributed by atoms with Crippen LogP contribution in [0.1, 0.15) is 13.3 Å². The first-order chi connectivity index (χ1) is 7.35. The highest BCUT2D eigenvalue weighted by atomic mass is 32.2. The van der Waals surface area contributed by atoms with E-state index in [1.165, 1.54) is 0 Å². The van der Waals surface area contributed by atoms with E-state index in [1.54, 1.807) is 0 Å². The molecule has 0 aromatic carbocycles. The van der Waals surface area contributed by atoms with Crippen molar-refractivity contribution >= 4 is 10.8 Å². The smallest absolute Gasteiger partial charge is 0.372 e. The maximum absolute atomic E-state index is 11.7. The summed E-state index contributed by atoms with van der Waals surface area (Å²) in [4.78, 5) is 0. The summed E-state index contributed by atoms with van der Waals surface area (Å²) in [6.45, 7) is 1.11. The monoisotopic (exact) mass is 261 g/mol. The largest absolute Gasteiger partial charge is 0.411 e. The zero-order valence-corrected chi connectivity index (χ0v) is 10.1. The van der Waals surface area contributed by atoms with Crippen molar-refractivity contribution in [2.24, 2.45) is 11.7 Å². The van der Waals surface area contributed by atoms with Gasteiger partial charge in [-0.3, -0.25) is 4.21 Å². The standard InChI is InChI=1S/C9H18F3NO2S/c1-8(5-13)6-16(14)4-2-3-15-7-9(10,11)12/h8H,2-7,13H2,1H3. The van der Waals surface area contributed by atoms with E-state index in [9.17, 15) is 17.4 Å².